The van der Waals surface area contributed by atoms with Crippen LogP contribution in [-0.2, 0) is 6.54 Å². The van der Waals surface area contributed by atoms with Crippen molar-refractivity contribution < 1.29 is 4.79 Å². The normalized spacial score (nSPS) is 10.8. The fraction of sp³-hybridized carbons (Fsp3) is 0.211. The van der Waals surface area contributed by atoms with E-state index in [-0.39, 0.29) is 23.2 Å². The molecule has 0 bridgehead atoms. The number of pyridine rings is 1. The Labute approximate surface area is 155 Å². The van der Waals surface area contributed by atoms with Gasteiger partial charge in [0, 0.05) is 17.8 Å². The summed E-state index contributed by atoms with van der Waals surface area (Å²) in [4.78, 5) is 27.5. The molecule has 0 saturated heterocycles. The Bertz CT molecular complexity index is 1020. The number of carbonyl (C=O) groups excluding carboxylic acids is 1. The number of aromatic nitrogens is 3. The minimum atomic E-state index is -0.367. The third-order valence-electron chi connectivity index (χ3n) is 4.15. The number of aryl methyl sites for hydroxylation is 3. The van der Waals surface area contributed by atoms with Gasteiger partial charge in [-0.1, -0.05) is 29.8 Å². The molecule has 3 rings (SSSR count). The minimum absolute atomic E-state index is 0.118. The molecule has 3 aromatic rings. The highest BCUT2D eigenvalue weighted by Crippen LogP contribution is 2.23. The monoisotopic (exact) mass is 370 g/mol. The number of H-pyrrole nitrogens is 1. The van der Waals surface area contributed by atoms with Crippen LogP contribution in [0.15, 0.2) is 41.2 Å². The fourth-order valence-electron chi connectivity index (χ4n) is 2.86. The lowest BCUT2D eigenvalue weighted by molar-refractivity contribution is 0.0950. The van der Waals surface area contributed by atoms with Gasteiger partial charge in [-0.25, -0.2) is 4.68 Å². The van der Waals surface area contributed by atoms with E-state index in [1.807, 2.05) is 50.2 Å². The van der Waals surface area contributed by atoms with Gasteiger partial charge >= 0.3 is 0 Å². The third kappa shape index (κ3) is 3.41. The summed E-state index contributed by atoms with van der Waals surface area (Å²) in [5, 5.41) is 7.36. The van der Waals surface area contributed by atoms with Gasteiger partial charge in [-0.3, -0.25) is 9.59 Å². The highest BCUT2D eigenvalue weighted by molar-refractivity contribution is 6.33. The van der Waals surface area contributed by atoms with Gasteiger partial charge in [-0.15, -0.1) is 0 Å². The molecule has 0 aliphatic rings. The molecule has 1 aromatic carbocycles. The Kier molecular flexibility index (Phi) is 4.95. The van der Waals surface area contributed by atoms with E-state index >= 15 is 0 Å². The second kappa shape index (κ2) is 7.17. The van der Waals surface area contributed by atoms with Gasteiger partial charge in [0.2, 0.25) is 0 Å². The number of para-hydroxylation sites is 1. The van der Waals surface area contributed by atoms with E-state index in [0.717, 1.165) is 16.9 Å². The van der Waals surface area contributed by atoms with Crippen LogP contribution in [0.5, 0.6) is 0 Å². The Morgan fingerprint density at radius 3 is 2.58 bits per heavy atom. The number of hydrogen-bond acceptors (Lipinski definition) is 3. The predicted octanol–water partition coefficient (Wildman–Crippen LogP) is 3.07. The van der Waals surface area contributed by atoms with Gasteiger partial charge in [0.25, 0.3) is 11.5 Å². The summed E-state index contributed by atoms with van der Waals surface area (Å²) in [7, 11) is 0. The van der Waals surface area contributed by atoms with Crippen molar-refractivity contribution in [2.24, 2.45) is 0 Å². The number of aromatic amines is 1. The number of amides is 1. The fourth-order valence-corrected chi connectivity index (χ4v) is 3.21. The van der Waals surface area contributed by atoms with Gasteiger partial charge < -0.3 is 10.3 Å². The molecule has 2 aromatic heterocycles. The summed E-state index contributed by atoms with van der Waals surface area (Å²) >= 11 is 6.40. The number of benzene rings is 1. The number of halogens is 1. The zero-order valence-electron chi connectivity index (χ0n) is 14.8. The second-order valence-electron chi connectivity index (χ2n) is 6.12. The smallest absolute Gasteiger partial charge is 0.256 e. The molecule has 0 fully saturated rings. The number of carbonyl (C=O) groups is 1. The summed E-state index contributed by atoms with van der Waals surface area (Å²) in [5.74, 6) is -0.367. The van der Waals surface area contributed by atoms with Crippen LogP contribution in [-0.4, -0.2) is 20.7 Å². The Hall–Kier alpha value is -2.86. The van der Waals surface area contributed by atoms with Crippen molar-refractivity contribution in [3.63, 3.8) is 0 Å². The zero-order valence-corrected chi connectivity index (χ0v) is 15.5. The summed E-state index contributed by atoms with van der Waals surface area (Å²) in [6.45, 7) is 5.50. The van der Waals surface area contributed by atoms with Crippen molar-refractivity contribution >= 4 is 17.5 Å². The number of nitrogens with zero attached hydrogens (tertiary/aromatic N) is 2. The molecule has 1 amide bonds. The largest absolute Gasteiger partial charge is 0.348 e. The molecule has 0 radical (unpaired) electrons. The van der Waals surface area contributed by atoms with Crippen molar-refractivity contribution in [2.45, 2.75) is 27.3 Å². The van der Waals surface area contributed by atoms with Crippen LogP contribution in [0.4, 0.5) is 0 Å². The minimum Gasteiger partial charge on any atom is -0.348 e. The highest BCUT2D eigenvalue weighted by Gasteiger charge is 2.21. The van der Waals surface area contributed by atoms with Crippen LogP contribution in [0.2, 0.25) is 5.15 Å². The van der Waals surface area contributed by atoms with E-state index in [0.29, 0.717) is 16.8 Å². The van der Waals surface area contributed by atoms with Gasteiger partial charge in [-0.2, -0.15) is 5.10 Å². The zero-order chi connectivity index (χ0) is 18.8. The molecule has 2 heterocycles. The lowest BCUT2D eigenvalue weighted by atomic mass is 10.1. The lowest BCUT2D eigenvalue weighted by Gasteiger charge is -2.08. The standard InChI is InChI=1S/C19H19ClN4O2/c1-11-9-12(2)22-18(25)15(11)10-21-19(26)16-13(3)23-24(17(16)20)14-7-5-4-6-8-14/h4-9H,10H2,1-3H3,(H,21,26)(H,22,25). The molecule has 134 valence electrons. The van der Waals surface area contributed by atoms with Crippen LogP contribution in [0, 0.1) is 20.8 Å². The maximum atomic E-state index is 12.6. The molecular weight excluding hydrogens is 352 g/mol. The van der Waals surface area contributed by atoms with Gasteiger partial charge in [0.05, 0.1) is 16.9 Å². The Morgan fingerprint density at radius 2 is 1.92 bits per heavy atom. The first-order valence-corrected chi connectivity index (χ1v) is 8.54. The maximum absolute atomic E-state index is 12.6. The quantitative estimate of drug-likeness (QED) is 0.740. The summed E-state index contributed by atoms with van der Waals surface area (Å²) in [6.07, 6.45) is 0. The lowest BCUT2D eigenvalue weighted by Crippen LogP contribution is -2.28. The van der Waals surface area contributed by atoms with Crippen LogP contribution in [0.3, 0.4) is 0 Å². The molecule has 0 spiro atoms. The van der Waals surface area contributed by atoms with Gasteiger partial charge in [-0.05, 0) is 44.5 Å². The molecular formula is C19H19ClN4O2. The summed E-state index contributed by atoms with van der Waals surface area (Å²) in [6, 6.07) is 11.2. The van der Waals surface area contributed by atoms with Gasteiger partial charge in [0.1, 0.15) is 5.15 Å². The first-order valence-electron chi connectivity index (χ1n) is 8.16. The molecule has 7 heteroatoms. The molecule has 0 aliphatic heterocycles. The van der Waals surface area contributed by atoms with E-state index in [9.17, 15) is 9.59 Å². The first-order chi connectivity index (χ1) is 12.4. The first kappa shape index (κ1) is 17.9. The SMILES string of the molecule is Cc1cc(C)c(CNC(=O)c2c(C)nn(-c3ccccc3)c2Cl)c(=O)[nH]1. The maximum Gasteiger partial charge on any atom is 0.256 e. The van der Waals surface area contributed by atoms with Crippen LogP contribution in [0.1, 0.15) is 32.9 Å². The van der Waals surface area contributed by atoms with Crippen molar-refractivity contribution in [1.29, 1.82) is 0 Å². The van der Waals surface area contributed by atoms with Crippen molar-refractivity contribution in [3.8, 4) is 5.69 Å². The predicted molar refractivity (Wildman–Crippen MR) is 101 cm³/mol. The average Bonchev–Trinajstić information content (AvgIpc) is 2.89. The molecule has 6 nitrogen and oxygen atoms in total. The highest BCUT2D eigenvalue weighted by atomic mass is 35.5. The summed E-state index contributed by atoms with van der Waals surface area (Å²) in [5.41, 5.74) is 3.52. The van der Waals surface area contributed by atoms with Gasteiger partial charge in [0.15, 0.2) is 0 Å². The van der Waals surface area contributed by atoms with Crippen LogP contribution >= 0.6 is 11.6 Å². The number of hydrogen-bond donors (Lipinski definition) is 2. The molecule has 0 aliphatic carbocycles. The van der Waals surface area contributed by atoms with Crippen LogP contribution < -0.4 is 10.9 Å². The summed E-state index contributed by atoms with van der Waals surface area (Å²) < 4.78 is 1.52. The van der Waals surface area contributed by atoms with E-state index in [2.05, 4.69) is 15.4 Å². The van der Waals surface area contributed by atoms with E-state index in [4.69, 9.17) is 11.6 Å². The van der Waals surface area contributed by atoms with Crippen molar-refractivity contribution in [2.75, 3.05) is 0 Å². The topological polar surface area (TPSA) is 79.8 Å². The second-order valence-corrected chi connectivity index (χ2v) is 6.48. The Balaban J connectivity index is 1.86. The molecule has 0 saturated carbocycles. The molecule has 0 atom stereocenters. The van der Waals surface area contributed by atoms with Crippen molar-refractivity contribution in [1.82, 2.24) is 20.1 Å². The number of nitrogens with one attached hydrogen (secondary N) is 2. The third-order valence-corrected chi connectivity index (χ3v) is 4.50. The number of rotatable bonds is 4. The van der Waals surface area contributed by atoms with Crippen LogP contribution in [0.25, 0.3) is 5.69 Å². The van der Waals surface area contributed by atoms with E-state index in [1.54, 1.807) is 6.92 Å². The molecule has 0 unspecified atom stereocenters. The Morgan fingerprint density at radius 1 is 1.23 bits per heavy atom. The molecule has 26 heavy (non-hydrogen) atoms. The molecule has 2 N–H and O–H groups in total. The van der Waals surface area contributed by atoms with Crippen molar-refractivity contribution in [3.05, 3.63) is 80.0 Å². The van der Waals surface area contributed by atoms with E-state index in [1.165, 1.54) is 4.68 Å². The van der Waals surface area contributed by atoms with E-state index < -0.39 is 0 Å². The average molecular weight is 371 g/mol.